The lowest BCUT2D eigenvalue weighted by atomic mass is 9.44. The monoisotopic (exact) mass is 403 g/mol. The summed E-state index contributed by atoms with van der Waals surface area (Å²) in [5.74, 6) is 3.08. The molecule has 4 fully saturated rings. The SMILES string of the molecule is CC.CC12CCC3C(CCC4C(F)CCCC43C)C1CCC2CCCC(=O)C#N. The molecule has 0 radical (unpaired) electrons. The molecular weight excluding hydrogens is 361 g/mol. The van der Waals surface area contributed by atoms with Crippen LogP contribution in [-0.2, 0) is 4.79 Å². The Labute approximate surface area is 178 Å². The van der Waals surface area contributed by atoms with Crippen LogP contribution in [0.2, 0.25) is 0 Å². The fourth-order valence-corrected chi connectivity index (χ4v) is 8.48. The third-order valence-corrected chi connectivity index (χ3v) is 9.85. The fourth-order valence-electron chi connectivity index (χ4n) is 8.48. The van der Waals surface area contributed by atoms with Gasteiger partial charge in [0.2, 0.25) is 5.78 Å². The van der Waals surface area contributed by atoms with Crippen molar-refractivity contribution in [1.82, 2.24) is 0 Å². The lowest BCUT2D eigenvalue weighted by Crippen LogP contribution is -2.54. The van der Waals surface area contributed by atoms with Crippen LogP contribution in [0.1, 0.15) is 105 Å². The van der Waals surface area contributed by atoms with Crippen LogP contribution in [0.5, 0.6) is 0 Å². The zero-order chi connectivity index (χ0) is 21.2. The van der Waals surface area contributed by atoms with Gasteiger partial charge in [0.05, 0.1) is 0 Å². The van der Waals surface area contributed by atoms with E-state index in [1.807, 2.05) is 13.8 Å². The van der Waals surface area contributed by atoms with Crippen LogP contribution in [0.15, 0.2) is 0 Å². The van der Waals surface area contributed by atoms with Crippen LogP contribution in [0.25, 0.3) is 0 Å². The normalized spacial score (nSPS) is 45.7. The smallest absolute Gasteiger partial charge is 0.231 e. The fraction of sp³-hybridized carbons (Fsp3) is 0.923. The second kappa shape index (κ2) is 9.07. The van der Waals surface area contributed by atoms with E-state index < -0.39 is 6.17 Å². The van der Waals surface area contributed by atoms with Gasteiger partial charge in [-0.25, -0.2) is 4.39 Å². The van der Waals surface area contributed by atoms with E-state index in [0.29, 0.717) is 23.7 Å². The predicted molar refractivity (Wildman–Crippen MR) is 116 cm³/mol. The number of nitrogens with zero attached hydrogens (tertiary/aromatic N) is 1. The third kappa shape index (κ3) is 3.90. The van der Waals surface area contributed by atoms with Crippen molar-refractivity contribution in [3.05, 3.63) is 0 Å². The summed E-state index contributed by atoms with van der Waals surface area (Å²) in [5, 5.41) is 8.71. The Morgan fingerprint density at radius 1 is 0.966 bits per heavy atom. The first kappa shape index (κ1) is 22.8. The molecule has 4 rings (SSSR count). The first-order valence-electron chi connectivity index (χ1n) is 12.5. The summed E-state index contributed by atoms with van der Waals surface area (Å²) in [6.45, 7) is 8.95. The van der Waals surface area contributed by atoms with Gasteiger partial charge in [0.1, 0.15) is 12.2 Å². The van der Waals surface area contributed by atoms with Crippen LogP contribution in [-0.4, -0.2) is 12.0 Å². The lowest BCUT2D eigenvalue weighted by Gasteiger charge is -2.61. The van der Waals surface area contributed by atoms with E-state index in [9.17, 15) is 9.18 Å². The Balaban J connectivity index is 0.00000117. The number of alkyl halides is 1. The topological polar surface area (TPSA) is 40.9 Å². The van der Waals surface area contributed by atoms with Crippen molar-refractivity contribution in [3.63, 3.8) is 0 Å². The van der Waals surface area contributed by atoms with E-state index in [1.54, 1.807) is 6.07 Å². The number of halogens is 1. The highest BCUT2D eigenvalue weighted by Crippen LogP contribution is 2.68. The molecule has 3 heteroatoms. The molecule has 2 nitrogen and oxygen atoms in total. The van der Waals surface area contributed by atoms with Crippen molar-refractivity contribution in [2.75, 3.05) is 0 Å². The Morgan fingerprint density at radius 3 is 2.38 bits per heavy atom. The second-order valence-corrected chi connectivity index (χ2v) is 10.7. The summed E-state index contributed by atoms with van der Waals surface area (Å²) >= 11 is 0. The summed E-state index contributed by atoms with van der Waals surface area (Å²) in [4.78, 5) is 11.3. The largest absolute Gasteiger partial charge is 0.283 e. The van der Waals surface area contributed by atoms with Crippen LogP contribution < -0.4 is 0 Å². The van der Waals surface area contributed by atoms with E-state index in [-0.39, 0.29) is 11.2 Å². The highest BCUT2D eigenvalue weighted by Gasteiger charge is 2.60. The number of carbonyl (C=O) groups is 1. The van der Waals surface area contributed by atoms with E-state index in [1.165, 1.54) is 38.5 Å². The minimum absolute atomic E-state index is 0.235. The molecular formula is C26H42FNO. The predicted octanol–water partition coefficient (Wildman–Crippen LogP) is 7.27. The number of hydrogen-bond acceptors (Lipinski definition) is 2. The van der Waals surface area contributed by atoms with Gasteiger partial charge in [-0.1, -0.05) is 27.7 Å². The summed E-state index contributed by atoms with van der Waals surface area (Å²) in [7, 11) is 0. The Bertz CT molecular complexity index is 627. The summed E-state index contributed by atoms with van der Waals surface area (Å²) < 4.78 is 14.7. The van der Waals surface area contributed by atoms with Crippen LogP contribution in [0.4, 0.5) is 4.39 Å². The minimum atomic E-state index is -0.563. The van der Waals surface area contributed by atoms with E-state index in [4.69, 9.17) is 5.26 Å². The molecule has 0 aromatic heterocycles. The molecule has 0 aliphatic heterocycles. The lowest BCUT2D eigenvalue weighted by molar-refractivity contribution is -0.130. The molecule has 164 valence electrons. The summed E-state index contributed by atoms with van der Waals surface area (Å²) in [5.41, 5.74) is 0.642. The van der Waals surface area contributed by atoms with E-state index >= 15 is 0 Å². The Morgan fingerprint density at radius 2 is 1.66 bits per heavy atom. The first-order valence-corrected chi connectivity index (χ1v) is 12.5. The molecule has 4 aliphatic rings. The summed E-state index contributed by atoms with van der Waals surface area (Å²) in [6.07, 6.45) is 12.5. The maximum atomic E-state index is 14.7. The molecule has 29 heavy (non-hydrogen) atoms. The molecule has 8 unspecified atom stereocenters. The third-order valence-electron chi connectivity index (χ3n) is 9.85. The van der Waals surface area contributed by atoms with Gasteiger partial charge in [0.25, 0.3) is 0 Å². The standard InChI is InChI=1S/C24H36FNO.C2H6/c1-23-14-12-20-18(9-11-21-22(25)7-4-13-24(20,21)2)19(23)10-8-16(23)5-3-6-17(27)15-26;1-2/h16,18-22H,3-14H2,1-2H3;1-2H3. The van der Waals surface area contributed by atoms with E-state index in [2.05, 4.69) is 13.8 Å². The number of Topliss-reactive ketones (excluding diaryl/α,β-unsaturated/α-hetero) is 1. The molecule has 0 amide bonds. The van der Waals surface area contributed by atoms with Crippen molar-refractivity contribution in [2.45, 2.75) is 111 Å². The number of rotatable bonds is 4. The second-order valence-electron chi connectivity index (χ2n) is 10.7. The van der Waals surface area contributed by atoms with Crippen molar-refractivity contribution < 1.29 is 9.18 Å². The Kier molecular flexibility index (Phi) is 7.12. The van der Waals surface area contributed by atoms with E-state index in [0.717, 1.165) is 49.9 Å². The summed E-state index contributed by atoms with van der Waals surface area (Å²) in [6, 6.07) is 1.76. The van der Waals surface area contributed by atoms with Gasteiger partial charge < -0.3 is 0 Å². The van der Waals surface area contributed by atoms with Crippen molar-refractivity contribution >= 4 is 5.78 Å². The quantitative estimate of drug-likeness (QED) is 0.463. The highest BCUT2D eigenvalue weighted by atomic mass is 19.1. The van der Waals surface area contributed by atoms with Crippen LogP contribution in [0, 0.1) is 51.8 Å². The molecule has 0 N–H and O–H groups in total. The maximum absolute atomic E-state index is 14.7. The molecule has 0 aromatic rings. The minimum Gasteiger partial charge on any atom is -0.283 e. The van der Waals surface area contributed by atoms with Gasteiger partial charge >= 0.3 is 0 Å². The first-order chi connectivity index (χ1) is 13.9. The van der Waals surface area contributed by atoms with Gasteiger partial charge in [-0.3, -0.25) is 4.79 Å². The van der Waals surface area contributed by atoms with Gasteiger partial charge in [-0.2, -0.15) is 5.26 Å². The highest BCUT2D eigenvalue weighted by molar-refractivity contribution is 5.93. The van der Waals surface area contributed by atoms with Crippen LogP contribution >= 0.6 is 0 Å². The Hall–Kier alpha value is -0.910. The molecule has 0 saturated heterocycles. The average molecular weight is 404 g/mol. The number of fused-ring (bicyclic) bond motifs is 5. The molecule has 4 saturated carbocycles. The average Bonchev–Trinajstić information content (AvgIpc) is 3.05. The maximum Gasteiger partial charge on any atom is 0.231 e. The van der Waals surface area contributed by atoms with Gasteiger partial charge in [0.15, 0.2) is 0 Å². The number of nitriles is 1. The van der Waals surface area contributed by atoms with Crippen molar-refractivity contribution in [3.8, 4) is 6.07 Å². The van der Waals surface area contributed by atoms with Gasteiger partial charge in [-0.15, -0.1) is 0 Å². The van der Waals surface area contributed by atoms with Gasteiger partial charge in [0, 0.05) is 6.42 Å². The molecule has 0 bridgehead atoms. The number of ketones is 1. The van der Waals surface area contributed by atoms with Crippen LogP contribution in [0.3, 0.4) is 0 Å². The number of hydrogen-bond donors (Lipinski definition) is 0. The van der Waals surface area contributed by atoms with Gasteiger partial charge in [-0.05, 0) is 111 Å². The zero-order valence-corrected chi connectivity index (χ0v) is 19.2. The zero-order valence-electron chi connectivity index (χ0n) is 19.2. The molecule has 0 aromatic carbocycles. The molecule has 8 atom stereocenters. The van der Waals surface area contributed by atoms with Crippen molar-refractivity contribution in [1.29, 1.82) is 5.26 Å². The molecule has 0 spiro atoms. The van der Waals surface area contributed by atoms with Crippen molar-refractivity contribution in [2.24, 2.45) is 40.4 Å². The number of carbonyl (C=O) groups excluding carboxylic acids is 1. The molecule has 4 aliphatic carbocycles. The molecule has 0 heterocycles.